The molecular weight excluding hydrogens is 408 g/mol. The molecule has 9 heteroatoms. The van der Waals surface area contributed by atoms with Crippen LogP contribution in [-0.4, -0.2) is 42.4 Å². The number of halogens is 6. The van der Waals surface area contributed by atoms with Gasteiger partial charge in [-0.3, -0.25) is 4.90 Å². The first-order chi connectivity index (χ1) is 9.37. The SMILES string of the molecule is Cl.Cl.Oc1ccc(Br)c([C@@H](CC(F)(F)F)N2CCNCC2)c1. The Morgan fingerprint density at radius 1 is 1.23 bits per heavy atom. The molecule has 1 aliphatic heterocycles. The Bertz CT molecular complexity index is 471. The summed E-state index contributed by atoms with van der Waals surface area (Å²) in [5, 5.41) is 12.7. The standard InChI is InChI=1S/C13H16BrF3N2O.2ClH/c14-11-2-1-9(20)7-10(11)12(8-13(15,16)17)19-5-3-18-4-6-19;;/h1-2,7,12,18,20H,3-6,8H2;2*1H/t12-;;/m1../s1. The molecule has 0 unspecified atom stereocenters. The summed E-state index contributed by atoms with van der Waals surface area (Å²) in [5.41, 5.74) is 0.476. The molecule has 0 spiro atoms. The van der Waals surface area contributed by atoms with E-state index in [4.69, 9.17) is 0 Å². The highest BCUT2D eigenvalue weighted by atomic mass is 79.9. The minimum atomic E-state index is -4.25. The van der Waals surface area contributed by atoms with Crippen molar-refractivity contribution in [3.05, 3.63) is 28.2 Å². The van der Waals surface area contributed by atoms with E-state index in [9.17, 15) is 18.3 Å². The Kier molecular flexibility index (Phi) is 9.09. The Balaban J connectivity index is 0.00000220. The number of rotatable bonds is 3. The van der Waals surface area contributed by atoms with Crippen LogP contribution in [0.4, 0.5) is 13.2 Å². The van der Waals surface area contributed by atoms with Crippen molar-refractivity contribution in [2.24, 2.45) is 0 Å². The number of alkyl halides is 3. The monoisotopic (exact) mass is 424 g/mol. The molecule has 1 fully saturated rings. The van der Waals surface area contributed by atoms with Gasteiger partial charge in [-0.2, -0.15) is 13.2 Å². The predicted octanol–water partition coefficient (Wildman–Crippen LogP) is 3.90. The molecule has 1 aromatic rings. The quantitative estimate of drug-likeness (QED) is 0.770. The average Bonchev–Trinajstić information content (AvgIpc) is 2.39. The topological polar surface area (TPSA) is 35.5 Å². The van der Waals surface area contributed by atoms with Crippen molar-refractivity contribution in [2.45, 2.75) is 18.6 Å². The fourth-order valence-electron chi connectivity index (χ4n) is 2.44. The van der Waals surface area contributed by atoms with Crippen molar-refractivity contribution in [3.8, 4) is 5.75 Å². The van der Waals surface area contributed by atoms with E-state index in [1.54, 1.807) is 6.07 Å². The highest BCUT2D eigenvalue weighted by molar-refractivity contribution is 9.10. The van der Waals surface area contributed by atoms with Crippen LogP contribution in [0.1, 0.15) is 18.0 Å². The lowest BCUT2D eigenvalue weighted by Crippen LogP contribution is -2.46. The molecule has 1 aromatic carbocycles. The molecule has 1 aliphatic rings. The number of hydrogen-bond donors (Lipinski definition) is 2. The lowest BCUT2D eigenvalue weighted by atomic mass is 10.0. The molecule has 1 heterocycles. The van der Waals surface area contributed by atoms with Crippen LogP contribution >= 0.6 is 40.7 Å². The first kappa shape index (κ1) is 21.8. The number of benzene rings is 1. The van der Waals surface area contributed by atoms with Crippen LogP contribution in [0.25, 0.3) is 0 Å². The Morgan fingerprint density at radius 2 is 1.82 bits per heavy atom. The molecule has 3 nitrogen and oxygen atoms in total. The van der Waals surface area contributed by atoms with Gasteiger partial charge in [-0.05, 0) is 23.8 Å². The third-order valence-electron chi connectivity index (χ3n) is 3.36. The molecule has 2 N–H and O–H groups in total. The van der Waals surface area contributed by atoms with Crippen molar-refractivity contribution in [1.29, 1.82) is 0 Å². The Labute approximate surface area is 148 Å². The van der Waals surface area contributed by atoms with Crippen LogP contribution in [-0.2, 0) is 0 Å². The van der Waals surface area contributed by atoms with Gasteiger partial charge in [0, 0.05) is 36.7 Å². The molecule has 0 radical (unpaired) electrons. The smallest absolute Gasteiger partial charge is 0.390 e. The van der Waals surface area contributed by atoms with Gasteiger partial charge in [0.2, 0.25) is 0 Å². The first-order valence-corrected chi connectivity index (χ1v) is 7.16. The highest BCUT2D eigenvalue weighted by Gasteiger charge is 2.36. The summed E-state index contributed by atoms with van der Waals surface area (Å²) >= 11 is 3.28. The van der Waals surface area contributed by atoms with E-state index in [2.05, 4.69) is 21.2 Å². The van der Waals surface area contributed by atoms with Gasteiger partial charge in [-0.1, -0.05) is 15.9 Å². The lowest BCUT2D eigenvalue weighted by Gasteiger charge is -2.36. The molecule has 0 aliphatic carbocycles. The van der Waals surface area contributed by atoms with Gasteiger partial charge in [0.05, 0.1) is 6.42 Å². The molecule has 2 rings (SSSR count). The van der Waals surface area contributed by atoms with Crippen molar-refractivity contribution in [1.82, 2.24) is 10.2 Å². The molecule has 1 saturated heterocycles. The molecule has 0 aromatic heterocycles. The Morgan fingerprint density at radius 3 is 2.36 bits per heavy atom. The third kappa shape index (κ3) is 6.12. The molecule has 1 atom stereocenters. The van der Waals surface area contributed by atoms with E-state index in [0.29, 0.717) is 36.2 Å². The van der Waals surface area contributed by atoms with Gasteiger partial charge in [0.1, 0.15) is 5.75 Å². The van der Waals surface area contributed by atoms with E-state index in [1.165, 1.54) is 12.1 Å². The maximum absolute atomic E-state index is 12.9. The minimum Gasteiger partial charge on any atom is -0.508 e. The summed E-state index contributed by atoms with van der Waals surface area (Å²) < 4.78 is 39.2. The number of aromatic hydroxyl groups is 1. The van der Waals surface area contributed by atoms with Crippen molar-refractivity contribution >= 4 is 40.7 Å². The van der Waals surface area contributed by atoms with Gasteiger partial charge >= 0.3 is 6.18 Å². The van der Waals surface area contributed by atoms with E-state index in [-0.39, 0.29) is 30.6 Å². The summed E-state index contributed by atoms with van der Waals surface area (Å²) in [6, 6.07) is 3.66. The van der Waals surface area contributed by atoms with Crippen molar-refractivity contribution in [2.75, 3.05) is 26.2 Å². The summed E-state index contributed by atoms with van der Waals surface area (Å²) in [7, 11) is 0. The second kappa shape index (κ2) is 9.17. The number of phenols is 1. The van der Waals surface area contributed by atoms with Gasteiger partial charge < -0.3 is 10.4 Å². The summed E-state index contributed by atoms with van der Waals surface area (Å²) in [6.07, 6.45) is -5.17. The lowest BCUT2D eigenvalue weighted by molar-refractivity contribution is -0.148. The minimum absolute atomic E-state index is 0. The second-order valence-electron chi connectivity index (χ2n) is 4.83. The van der Waals surface area contributed by atoms with Gasteiger partial charge in [0.15, 0.2) is 0 Å². The van der Waals surface area contributed by atoms with E-state index < -0.39 is 18.6 Å². The van der Waals surface area contributed by atoms with Gasteiger partial charge in [-0.25, -0.2) is 0 Å². The van der Waals surface area contributed by atoms with Crippen LogP contribution < -0.4 is 5.32 Å². The average molecular weight is 426 g/mol. The molecule has 0 amide bonds. The normalized spacial score (nSPS) is 17.3. The molecule has 128 valence electrons. The zero-order valence-corrected chi connectivity index (χ0v) is 14.8. The maximum Gasteiger partial charge on any atom is 0.390 e. The fourth-order valence-corrected chi connectivity index (χ4v) is 2.95. The van der Waals surface area contributed by atoms with Crippen LogP contribution in [0.2, 0.25) is 0 Å². The zero-order chi connectivity index (χ0) is 14.8. The van der Waals surface area contributed by atoms with Crippen molar-refractivity contribution < 1.29 is 18.3 Å². The van der Waals surface area contributed by atoms with E-state index in [0.717, 1.165) is 0 Å². The second-order valence-corrected chi connectivity index (χ2v) is 5.68. The number of piperazine rings is 1. The van der Waals surface area contributed by atoms with Gasteiger partial charge in [0.25, 0.3) is 0 Å². The van der Waals surface area contributed by atoms with Crippen LogP contribution in [0.15, 0.2) is 22.7 Å². The number of hydrogen-bond acceptors (Lipinski definition) is 3. The molecule has 0 bridgehead atoms. The summed E-state index contributed by atoms with van der Waals surface area (Å²) in [4.78, 5) is 1.81. The predicted molar refractivity (Wildman–Crippen MR) is 88.2 cm³/mol. The largest absolute Gasteiger partial charge is 0.508 e. The van der Waals surface area contributed by atoms with Crippen LogP contribution in [0, 0.1) is 0 Å². The molecule has 22 heavy (non-hydrogen) atoms. The maximum atomic E-state index is 12.9. The summed E-state index contributed by atoms with van der Waals surface area (Å²) in [5.74, 6) is -0.0227. The molecular formula is C13H18BrCl2F3N2O. The van der Waals surface area contributed by atoms with Crippen molar-refractivity contribution in [3.63, 3.8) is 0 Å². The number of phenolic OH excluding ortho intramolecular Hbond substituents is 1. The van der Waals surface area contributed by atoms with Crippen LogP contribution in [0.5, 0.6) is 5.75 Å². The molecule has 0 saturated carbocycles. The number of nitrogens with one attached hydrogen (secondary N) is 1. The zero-order valence-electron chi connectivity index (χ0n) is 11.6. The Hall–Kier alpha value is -0.210. The highest BCUT2D eigenvalue weighted by Crippen LogP contribution is 2.38. The van der Waals surface area contributed by atoms with E-state index in [1.807, 2.05) is 4.90 Å². The van der Waals surface area contributed by atoms with E-state index >= 15 is 0 Å². The fraction of sp³-hybridized carbons (Fsp3) is 0.538. The summed E-state index contributed by atoms with van der Waals surface area (Å²) in [6.45, 7) is 2.46. The van der Waals surface area contributed by atoms with Gasteiger partial charge in [-0.15, -0.1) is 24.8 Å². The number of nitrogens with zero attached hydrogens (tertiary/aromatic N) is 1. The first-order valence-electron chi connectivity index (χ1n) is 6.37. The van der Waals surface area contributed by atoms with Crippen LogP contribution in [0.3, 0.4) is 0 Å². The third-order valence-corrected chi connectivity index (χ3v) is 4.08.